The summed E-state index contributed by atoms with van der Waals surface area (Å²) in [4.78, 5) is 15.0. The summed E-state index contributed by atoms with van der Waals surface area (Å²) in [6.45, 7) is 0.386. The van der Waals surface area contributed by atoms with Crippen molar-refractivity contribution in [3.05, 3.63) is 23.8 Å². The molecule has 1 aromatic carbocycles. The molecule has 0 unspecified atom stereocenters. The zero-order chi connectivity index (χ0) is 9.26. The first-order chi connectivity index (χ1) is 6.29. The van der Waals surface area contributed by atoms with E-state index in [4.69, 9.17) is 10.5 Å². The molecule has 14 heavy (non-hydrogen) atoms. The molecular weight excluding hydrogens is 204 g/mol. The van der Waals surface area contributed by atoms with Crippen LogP contribution in [0.15, 0.2) is 23.2 Å². The molecule has 0 atom stereocenters. The van der Waals surface area contributed by atoms with E-state index in [1.54, 1.807) is 24.4 Å². The summed E-state index contributed by atoms with van der Waals surface area (Å²) in [6.07, 6.45) is 1.65. The highest BCUT2D eigenvalue weighted by atomic mass is 35.5. The van der Waals surface area contributed by atoms with E-state index in [1.807, 2.05) is 0 Å². The minimum Gasteiger partial charge on any atom is -0.485 e. The Morgan fingerprint density at radius 2 is 2.29 bits per heavy atom. The van der Waals surface area contributed by atoms with E-state index in [-0.39, 0.29) is 12.4 Å². The van der Waals surface area contributed by atoms with Crippen LogP contribution in [0.3, 0.4) is 0 Å². The summed E-state index contributed by atoms with van der Waals surface area (Å²) in [7, 11) is 0. The van der Waals surface area contributed by atoms with Crippen molar-refractivity contribution in [3.63, 3.8) is 0 Å². The highest BCUT2D eigenvalue weighted by Crippen LogP contribution is 2.32. The lowest BCUT2D eigenvalue weighted by Crippen LogP contribution is -2.14. The second-order valence-corrected chi connectivity index (χ2v) is 2.64. The number of benzene rings is 1. The van der Waals surface area contributed by atoms with Gasteiger partial charge in [-0.15, -0.1) is 12.4 Å². The number of fused-ring (bicyclic) bond motifs is 1. The quantitative estimate of drug-likeness (QED) is 0.763. The third kappa shape index (κ3) is 1.70. The van der Waals surface area contributed by atoms with E-state index in [1.165, 1.54) is 0 Å². The molecule has 0 aromatic heterocycles. The van der Waals surface area contributed by atoms with Crippen molar-refractivity contribution in [1.82, 2.24) is 0 Å². The molecule has 5 heteroatoms. The van der Waals surface area contributed by atoms with Gasteiger partial charge >= 0.3 is 0 Å². The number of carbonyl (C=O) groups is 1. The monoisotopic (exact) mass is 212 g/mol. The first-order valence-corrected chi connectivity index (χ1v) is 3.87. The number of nitrogens with two attached hydrogens (primary N) is 1. The average Bonchev–Trinajstić information content (AvgIpc) is 2.17. The molecule has 4 nitrogen and oxygen atoms in total. The minimum atomic E-state index is -0.492. The van der Waals surface area contributed by atoms with Gasteiger partial charge in [-0.2, -0.15) is 0 Å². The standard InChI is InChI=1S/C9H8N2O2.ClH/c10-9(12)6-2-1-3-7-8(6)13-5-4-11-7;/h1-4H,5H2,(H2,10,12);1H. The number of ether oxygens (including phenoxy) is 1. The number of carbonyl (C=O) groups excluding carboxylic acids is 1. The van der Waals surface area contributed by atoms with Gasteiger partial charge in [0.05, 0.1) is 5.56 Å². The van der Waals surface area contributed by atoms with E-state index < -0.39 is 5.91 Å². The van der Waals surface area contributed by atoms with Crippen LogP contribution in [0.4, 0.5) is 5.69 Å². The number of para-hydroxylation sites is 1. The van der Waals surface area contributed by atoms with Gasteiger partial charge in [0.25, 0.3) is 5.91 Å². The van der Waals surface area contributed by atoms with Crippen LogP contribution >= 0.6 is 12.4 Å². The van der Waals surface area contributed by atoms with E-state index in [9.17, 15) is 4.79 Å². The number of rotatable bonds is 1. The summed E-state index contributed by atoms with van der Waals surface area (Å²) >= 11 is 0. The first-order valence-electron chi connectivity index (χ1n) is 3.87. The Morgan fingerprint density at radius 1 is 1.50 bits per heavy atom. The lowest BCUT2D eigenvalue weighted by Gasteiger charge is -2.13. The van der Waals surface area contributed by atoms with Crippen LogP contribution in [0, 0.1) is 0 Å². The molecule has 0 bridgehead atoms. The fourth-order valence-electron chi connectivity index (χ4n) is 1.23. The van der Waals surface area contributed by atoms with Crippen molar-refractivity contribution in [3.8, 4) is 5.75 Å². The smallest absolute Gasteiger partial charge is 0.252 e. The second-order valence-electron chi connectivity index (χ2n) is 2.64. The highest BCUT2D eigenvalue weighted by molar-refractivity contribution is 5.98. The van der Waals surface area contributed by atoms with Gasteiger partial charge in [-0.05, 0) is 12.1 Å². The van der Waals surface area contributed by atoms with E-state index >= 15 is 0 Å². The van der Waals surface area contributed by atoms with Crippen LogP contribution in [0.1, 0.15) is 10.4 Å². The largest absolute Gasteiger partial charge is 0.485 e. The van der Waals surface area contributed by atoms with Crippen molar-refractivity contribution >= 4 is 30.2 Å². The summed E-state index contributed by atoms with van der Waals surface area (Å²) < 4.78 is 5.27. The lowest BCUT2D eigenvalue weighted by atomic mass is 10.1. The van der Waals surface area contributed by atoms with Gasteiger partial charge < -0.3 is 10.5 Å². The maximum Gasteiger partial charge on any atom is 0.252 e. The van der Waals surface area contributed by atoms with Gasteiger partial charge in [-0.1, -0.05) is 6.07 Å². The van der Waals surface area contributed by atoms with Gasteiger partial charge in [0.1, 0.15) is 12.3 Å². The van der Waals surface area contributed by atoms with E-state index in [0.717, 1.165) is 0 Å². The first kappa shape index (κ1) is 10.5. The number of hydrogen-bond donors (Lipinski definition) is 1. The zero-order valence-electron chi connectivity index (χ0n) is 7.27. The maximum atomic E-state index is 11.0. The van der Waals surface area contributed by atoms with Gasteiger partial charge in [-0.25, -0.2) is 0 Å². The van der Waals surface area contributed by atoms with Crippen molar-refractivity contribution < 1.29 is 9.53 Å². The van der Waals surface area contributed by atoms with Crippen molar-refractivity contribution in [2.24, 2.45) is 10.7 Å². The van der Waals surface area contributed by atoms with Gasteiger partial charge in [-0.3, -0.25) is 9.79 Å². The molecule has 1 heterocycles. The maximum absolute atomic E-state index is 11.0. The molecule has 74 valence electrons. The molecule has 0 saturated heterocycles. The Balaban J connectivity index is 0.000000980. The molecule has 1 aromatic rings. The number of hydrogen-bond acceptors (Lipinski definition) is 3. The van der Waals surface area contributed by atoms with Gasteiger partial charge in [0.2, 0.25) is 0 Å². The van der Waals surface area contributed by atoms with Crippen LogP contribution in [-0.4, -0.2) is 18.7 Å². The van der Waals surface area contributed by atoms with Crippen LogP contribution in [0.5, 0.6) is 5.75 Å². The molecule has 2 rings (SSSR count). The molecule has 0 spiro atoms. The fraction of sp³-hybridized carbons (Fsp3) is 0.111. The molecule has 1 aliphatic heterocycles. The summed E-state index contributed by atoms with van der Waals surface area (Å²) in [5.41, 5.74) is 6.21. The zero-order valence-corrected chi connectivity index (χ0v) is 8.08. The Morgan fingerprint density at radius 3 is 3.00 bits per heavy atom. The Kier molecular flexibility index (Phi) is 3.09. The minimum absolute atomic E-state index is 0. The number of amides is 1. The molecule has 1 aliphatic rings. The SMILES string of the molecule is Cl.NC(=O)c1cccc2c1OCC=N2. The number of nitrogens with zero attached hydrogens (tertiary/aromatic N) is 1. The Hall–Kier alpha value is -1.55. The van der Waals surface area contributed by atoms with Gasteiger partial charge in [0, 0.05) is 6.21 Å². The Bertz CT molecular complexity index is 390. The molecule has 0 fully saturated rings. The average molecular weight is 213 g/mol. The van der Waals surface area contributed by atoms with Crippen LogP contribution in [0.25, 0.3) is 0 Å². The third-order valence-corrected chi connectivity index (χ3v) is 1.79. The molecule has 0 aliphatic carbocycles. The number of aliphatic imine (C=N–C) groups is 1. The number of primary amides is 1. The highest BCUT2D eigenvalue weighted by Gasteiger charge is 2.14. The van der Waals surface area contributed by atoms with Crippen molar-refractivity contribution in [2.45, 2.75) is 0 Å². The summed E-state index contributed by atoms with van der Waals surface area (Å²) in [6, 6.07) is 5.13. The molecule has 0 radical (unpaired) electrons. The van der Waals surface area contributed by atoms with E-state index in [0.29, 0.717) is 23.6 Å². The third-order valence-electron chi connectivity index (χ3n) is 1.79. The Labute approximate surface area is 87.2 Å². The van der Waals surface area contributed by atoms with Crippen LogP contribution in [0.2, 0.25) is 0 Å². The lowest BCUT2D eigenvalue weighted by molar-refractivity contribution is 0.0997. The predicted octanol–water partition coefficient (Wildman–Crippen LogP) is 1.30. The topological polar surface area (TPSA) is 64.7 Å². The molecule has 0 saturated carbocycles. The van der Waals surface area contributed by atoms with Crippen molar-refractivity contribution in [1.29, 1.82) is 0 Å². The molecule has 2 N–H and O–H groups in total. The summed E-state index contributed by atoms with van der Waals surface area (Å²) in [5, 5.41) is 0. The normalized spacial score (nSPS) is 12.3. The predicted molar refractivity (Wildman–Crippen MR) is 55.9 cm³/mol. The summed E-state index contributed by atoms with van der Waals surface area (Å²) in [5.74, 6) is -0.00792. The van der Waals surface area contributed by atoms with Gasteiger partial charge in [0.15, 0.2) is 5.75 Å². The molecule has 1 amide bonds. The van der Waals surface area contributed by atoms with Crippen LogP contribution in [-0.2, 0) is 0 Å². The fourth-order valence-corrected chi connectivity index (χ4v) is 1.23. The van der Waals surface area contributed by atoms with E-state index in [2.05, 4.69) is 4.99 Å². The molecular formula is C9H9ClN2O2. The number of halogens is 1. The van der Waals surface area contributed by atoms with Crippen LogP contribution < -0.4 is 10.5 Å². The van der Waals surface area contributed by atoms with Crippen molar-refractivity contribution in [2.75, 3.05) is 6.61 Å². The second kappa shape index (κ2) is 4.11.